The summed E-state index contributed by atoms with van der Waals surface area (Å²) in [4.78, 5) is 28.1. The van der Waals surface area contributed by atoms with Crippen LogP contribution in [0, 0.1) is 5.92 Å². The second kappa shape index (κ2) is 8.39. The van der Waals surface area contributed by atoms with E-state index in [1.54, 1.807) is 48.5 Å². The number of nitrogens with one attached hydrogen (secondary N) is 1. The molecule has 1 fully saturated rings. The predicted octanol–water partition coefficient (Wildman–Crippen LogP) is 4.78. The van der Waals surface area contributed by atoms with Crippen molar-refractivity contribution in [3.8, 4) is 11.1 Å². The minimum atomic E-state index is -0.187. The first-order chi connectivity index (χ1) is 14.0. The molecule has 29 heavy (non-hydrogen) atoms. The van der Waals surface area contributed by atoms with Gasteiger partial charge in [0.15, 0.2) is 0 Å². The molecule has 1 aliphatic heterocycles. The van der Waals surface area contributed by atoms with E-state index in [4.69, 9.17) is 16.0 Å². The van der Waals surface area contributed by atoms with Crippen molar-refractivity contribution in [3.63, 3.8) is 0 Å². The van der Waals surface area contributed by atoms with Gasteiger partial charge in [-0.25, -0.2) is 0 Å². The molecule has 1 saturated heterocycles. The number of anilines is 1. The number of halogens is 1. The second-order valence-corrected chi connectivity index (χ2v) is 8.11. The Morgan fingerprint density at radius 1 is 1.21 bits per heavy atom. The lowest BCUT2D eigenvalue weighted by molar-refractivity contribution is -0.117. The van der Waals surface area contributed by atoms with Gasteiger partial charge >= 0.3 is 0 Å². The van der Waals surface area contributed by atoms with Crippen LogP contribution in [0.25, 0.3) is 22.1 Å². The number of rotatable bonds is 4. The Labute approximate surface area is 174 Å². The molecule has 1 N–H and O–H groups in total. The van der Waals surface area contributed by atoms with E-state index in [1.165, 1.54) is 6.42 Å². The molecule has 2 heterocycles. The molecule has 1 aromatic heterocycles. The van der Waals surface area contributed by atoms with Crippen molar-refractivity contribution in [1.82, 2.24) is 4.90 Å². The number of likely N-dealkylation sites (tertiary alicyclic amines) is 1. The molecule has 2 aromatic carbocycles. The fourth-order valence-corrected chi connectivity index (χ4v) is 4.03. The number of fused-ring (bicyclic) bond motifs is 1. The summed E-state index contributed by atoms with van der Waals surface area (Å²) in [7, 11) is 0. The average molecular weight is 411 g/mol. The van der Waals surface area contributed by atoms with Crippen LogP contribution in [0.2, 0.25) is 5.02 Å². The standard InChI is InChI=1S/C23H23ClN2O3/c1-15-5-4-12-26(13-15)14-20(27)25-23-21(16-8-10-17(24)11-9-16)22(28)18-6-2-3-7-19(18)29-23/h2-3,6-11,15H,4-5,12-14H2,1H3,(H,25,27). The Kier molecular flexibility index (Phi) is 5.69. The molecule has 6 heteroatoms. The first-order valence-electron chi connectivity index (χ1n) is 9.85. The van der Waals surface area contributed by atoms with Gasteiger partial charge < -0.3 is 4.42 Å². The lowest BCUT2D eigenvalue weighted by Crippen LogP contribution is -2.39. The first-order valence-corrected chi connectivity index (χ1v) is 10.2. The summed E-state index contributed by atoms with van der Waals surface area (Å²) in [5, 5.41) is 3.88. The van der Waals surface area contributed by atoms with E-state index in [2.05, 4.69) is 17.1 Å². The maximum atomic E-state index is 13.2. The van der Waals surface area contributed by atoms with Crippen LogP contribution in [0.4, 0.5) is 5.88 Å². The third kappa shape index (κ3) is 4.36. The van der Waals surface area contributed by atoms with Gasteiger partial charge in [-0.2, -0.15) is 0 Å². The predicted molar refractivity (Wildman–Crippen MR) is 116 cm³/mol. The molecule has 0 aliphatic carbocycles. The molecule has 1 atom stereocenters. The van der Waals surface area contributed by atoms with Crippen LogP contribution in [-0.4, -0.2) is 30.4 Å². The minimum absolute atomic E-state index is 0.172. The molecule has 1 aliphatic rings. The van der Waals surface area contributed by atoms with Gasteiger partial charge in [-0.3, -0.25) is 19.8 Å². The van der Waals surface area contributed by atoms with Crippen molar-refractivity contribution in [2.75, 3.05) is 25.0 Å². The number of carbonyl (C=O) groups excluding carboxylic acids is 1. The van der Waals surface area contributed by atoms with Crippen molar-refractivity contribution in [3.05, 3.63) is 63.8 Å². The van der Waals surface area contributed by atoms with E-state index < -0.39 is 0 Å². The van der Waals surface area contributed by atoms with Crippen LogP contribution in [-0.2, 0) is 4.79 Å². The van der Waals surface area contributed by atoms with Crippen molar-refractivity contribution in [1.29, 1.82) is 0 Å². The van der Waals surface area contributed by atoms with E-state index in [-0.39, 0.29) is 23.8 Å². The SMILES string of the molecule is CC1CCCN(CC(=O)Nc2oc3ccccc3c(=O)c2-c2ccc(Cl)cc2)C1. The highest BCUT2D eigenvalue weighted by atomic mass is 35.5. The maximum Gasteiger partial charge on any atom is 0.240 e. The first kappa shape index (κ1) is 19.7. The highest BCUT2D eigenvalue weighted by Crippen LogP contribution is 2.29. The summed E-state index contributed by atoms with van der Waals surface area (Å²) in [6.45, 7) is 4.29. The van der Waals surface area contributed by atoms with Gasteiger partial charge in [-0.05, 0) is 55.1 Å². The Hall–Kier alpha value is -2.63. The van der Waals surface area contributed by atoms with Crippen molar-refractivity contribution >= 4 is 34.4 Å². The lowest BCUT2D eigenvalue weighted by Gasteiger charge is -2.30. The zero-order chi connectivity index (χ0) is 20.4. The molecule has 3 aromatic rings. The monoisotopic (exact) mass is 410 g/mol. The van der Waals surface area contributed by atoms with E-state index >= 15 is 0 Å². The molecule has 0 radical (unpaired) electrons. The molecule has 0 saturated carbocycles. The summed E-state index contributed by atoms with van der Waals surface area (Å²) in [5.41, 5.74) is 1.24. The molecule has 0 bridgehead atoms. The van der Waals surface area contributed by atoms with Gasteiger partial charge in [-0.15, -0.1) is 0 Å². The molecule has 1 amide bonds. The molecular weight excluding hydrogens is 388 g/mol. The lowest BCUT2D eigenvalue weighted by atomic mass is 10.0. The summed E-state index contributed by atoms with van der Waals surface area (Å²) < 4.78 is 5.96. The van der Waals surface area contributed by atoms with Gasteiger partial charge in [0.05, 0.1) is 17.5 Å². The van der Waals surface area contributed by atoms with Crippen molar-refractivity contribution < 1.29 is 9.21 Å². The molecule has 5 nitrogen and oxygen atoms in total. The number of benzene rings is 2. The Balaban J connectivity index is 1.70. The third-order valence-corrected chi connectivity index (χ3v) is 5.54. The van der Waals surface area contributed by atoms with Gasteiger partial charge in [0.2, 0.25) is 17.2 Å². The molecule has 1 unspecified atom stereocenters. The normalized spacial score (nSPS) is 17.4. The topological polar surface area (TPSA) is 62.6 Å². The Morgan fingerprint density at radius 2 is 1.97 bits per heavy atom. The maximum absolute atomic E-state index is 13.2. The number of hydrogen-bond acceptors (Lipinski definition) is 4. The van der Waals surface area contributed by atoms with Gasteiger partial charge in [0, 0.05) is 11.6 Å². The highest BCUT2D eigenvalue weighted by Gasteiger charge is 2.22. The molecule has 0 spiro atoms. The van der Waals surface area contributed by atoms with Crippen molar-refractivity contribution in [2.24, 2.45) is 5.92 Å². The minimum Gasteiger partial charge on any atom is -0.439 e. The third-order valence-electron chi connectivity index (χ3n) is 5.29. The van der Waals surface area contributed by atoms with E-state index in [0.717, 1.165) is 19.5 Å². The van der Waals surface area contributed by atoms with Crippen LogP contribution in [0.1, 0.15) is 19.8 Å². The second-order valence-electron chi connectivity index (χ2n) is 7.67. The van der Waals surface area contributed by atoms with Gasteiger partial charge in [-0.1, -0.05) is 42.8 Å². The van der Waals surface area contributed by atoms with E-state index in [9.17, 15) is 9.59 Å². The zero-order valence-electron chi connectivity index (χ0n) is 16.3. The van der Waals surface area contributed by atoms with E-state index in [0.29, 0.717) is 33.0 Å². The molecule has 150 valence electrons. The Bertz CT molecular complexity index is 1090. The number of amides is 1. The Morgan fingerprint density at radius 3 is 2.72 bits per heavy atom. The average Bonchev–Trinajstić information content (AvgIpc) is 2.69. The molecule has 4 rings (SSSR count). The quantitative estimate of drug-likeness (QED) is 0.672. The summed E-state index contributed by atoms with van der Waals surface area (Å²) >= 11 is 6.00. The fourth-order valence-electron chi connectivity index (χ4n) is 3.91. The number of piperidine rings is 1. The zero-order valence-corrected chi connectivity index (χ0v) is 17.0. The highest BCUT2D eigenvalue weighted by molar-refractivity contribution is 6.30. The van der Waals surface area contributed by atoms with Crippen LogP contribution in [0.5, 0.6) is 0 Å². The molecular formula is C23H23ClN2O3. The van der Waals surface area contributed by atoms with Crippen LogP contribution in [0.3, 0.4) is 0 Å². The number of carbonyl (C=O) groups is 1. The summed E-state index contributed by atoms with van der Waals surface area (Å²) in [6.07, 6.45) is 2.29. The van der Waals surface area contributed by atoms with Gasteiger partial charge in [0.25, 0.3) is 0 Å². The summed E-state index contributed by atoms with van der Waals surface area (Å²) in [6, 6.07) is 14.0. The van der Waals surface area contributed by atoms with Gasteiger partial charge in [0.1, 0.15) is 5.58 Å². The number of nitrogens with zero attached hydrogens (tertiary/aromatic N) is 1. The summed E-state index contributed by atoms with van der Waals surface area (Å²) in [5.74, 6) is 0.568. The number of hydrogen-bond donors (Lipinski definition) is 1. The smallest absolute Gasteiger partial charge is 0.240 e. The number of para-hydroxylation sites is 1. The fraction of sp³-hybridized carbons (Fsp3) is 0.304. The van der Waals surface area contributed by atoms with Crippen molar-refractivity contribution in [2.45, 2.75) is 19.8 Å². The van der Waals surface area contributed by atoms with Crippen LogP contribution in [0.15, 0.2) is 57.7 Å². The van der Waals surface area contributed by atoms with Crippen LogP contribution >= 0.6 is 11.6 Å². The van der Waals surface area contributed by atoms with E-state index in [1.807, 2.05) is 0 Å². The largest absolute Gasteiger partial charge is 0.439 e. The van der Waals surface area contributed by atoms with Crippen LogP contribution < -0.4 is 10.7 Å².